The third kappa shape index (κ3) is 4.98. The van der Waals surface area contributed by atoms with Crippen LogP contribution < -0.4 is 0 Å². The van der Waals surface area contributed by atoms with E-state index in [0.717, 1.165) is 0 Å². The first-order chi connectivity index (χ1) is 5.04. The Kier molecular flexibility index (Phi) is 5.64. The molecule has 3 nitrogen and oxygen atoms in total. The van der Waals surface area contributed by atoms with Crippen LogP contribution in [0, 0.1) is 0 Å². The van der Waals surface area contributed by atoms with Gasteiger partial charge in [0.2, 0.25) is 0 Å². The fourth-order valence-electron chi connectivity index (χ4n) is 0.565. The van der Waals surface area contributed by atoms with Crippen LogP contribution >= 0.6 is 11.6 Å². The van der Waals surface area contributed by atoms with Crippen molar-refractivity contribution in [3.63, 3.8) is 0 Å². The first-order valence-corrected chi connectivity index (χ1v) is 6.57. The van der Waals surface area contributed by atoms with Gasteiger partial charge in [0.1, 0.15) is 0 Å². The molecule has 0 aromatic heterocycles. The number of carbonyl (C=O) groups excluding carboxylic acids is 1. The maximum absolute atomic E-state index is 10.6. The van der Waals surface area contributed by atoms with Crippen LogP contribution in [-0.2, 0) is 40.4 Å². The van der Waals surface area contributed by atoms with Crippen molar-refractivity contribution in [2.45, 2.75) is 23.6 Å². The fraction of sp³-hybridized carbons (Fsp3) is 0.833. The molecule has 0 radical (unpaired) electrons. The second-order valence-electron chi connectivity index (χ2n) is 2.11. The minimum absolute atomic E-state index is 0.0740. The van der Waals surface area contributed by atoms with Gasteiger partial charge in [0.25, 0.3) is 0 Å². The van der Waals surface area contributed by atoms with Crippen LogP contribution in [0.3, 0.4) is 0 Å². The van der Waals surface area contributed by atoms with E-state index in [1.807, 2.05) is 6.92 Å². The van der Waals surface area contributed by atoms with Gasteiger partial charge in [0.05, 0.1) is 0 Å². The molecule has 61 valence electrons. The number of ether oxygens (including phenoxy) is 2. The third-order valence-electron chi connectivity index (χ3n) is 1.19. The van der Waals surface area contributed by atoms with Crippen LogP contribution in [0.1, 0.15) is 20.3 Å². The molecule has 0 rings (SSSR count). The molecule has 0 saturated carbocycles. The van der Waals surface area contributed by atoms with Gasteiger partial charge in [-0.05, 0) is 0 Å². The van der Waals surface area contributed by atoms with Crippen molar-refractivity contribution < 1.29 is 40.4 Å². The molecule has 0 fully saturated rings. The van der Waals surface area contributed by atoms with Crippen molar-refractivity contribution in [2.24, 2.45) is 0 Å². The predicted molar refractivity (Wildman–Crippen MR) is 36.6 cm³/mol. The molecule has 0 amide bonds. The van der Waals surface area contributed by atoms with Crippen molar-refractivity contribution in [1.82, 2.24) is 0 Å². The molecule has 11 heavy (non-hydrogen) atoms. The summed E-state index contributed by atoms with van der Waals surface area (Å²) in [6.45, 7) is 3.28. The minimum atomic E-state index is -0.673. The van der Waals surface area contributed by atoms with E-state index in [4.69, 9.17) is 21.1 Å². The van der Waals surface area contributed by atoms with E-state index in [9.17, 15) is 4.79 Å². The van der Waals surface area contributed by atoms with Crippen LogP contribution in [0.5, 0.6) is 0 Å². The Hall–Kier alpha value is 0.655. The molecule has 0 spiro atoms. The number of hydrogen-bond donors (Lipinski definition) is 0. The molecular formula is C6H10ClHgO3. The van der Waals surface area contributed by atoms with E-state index < -0.39 is 3.30 Å². The molecule has 0 N–H and O–H groups in total. The Balaban J connectivity index is 3.98. The molecule has 0 aromatic carbocycles. The first kappa shape index (κ1) is 11.7. The van der Waals surface area contributed by atoms with E-state index in [2.05, 4.69) is 0 Å². The molecule has 5 heteroatoms. The average Bonchev–Trinajstić information content (AvgIpc) is 1.87. The molecule has 0 saturated heterocycles. The number of rotatable bonds is 4. The first-order valence-electron chi connectivity index (χ1n) is 3.29. The van der Waals surface area contributed by atoms with Gasteiger partial charge < -0.3 is 0 Å². The fourth-order valence-corrected chi connectivity index (χ4v) is 2.45. The Labute approximate surface area is 87.3 Å². The van der Waals surface area contributed by atoms with Gasteiger partial charge in [0, 0.05) is 0 Å². The van der Waals surface area contributed by atoms with Crippen molar-refractivity contribution >= 4 is 17.6 Å². The molecule has 0 bridgehead atoms. The molecule has 1 atom stereocenters. The van der Waals surface area contributed by atoms with Crippen LogP contribution in [0.25, 0.3) is 0 Å². The zero-order valence-corrected chi connectivity index (χ0v) is 13.0. The number of carbonyl (C=O) groups is 1. The van der Waals surface area contributed by atoms with Crippen LogP contribution in [-0.4, -0.2) is 15.3 Å². The summed E-state index contributed by atoms with van der Waals surface area (Å²) in [6, 6.07) is 0.0740. The monoisotopic (exact) mass is 367 g/mol. The Morgan fingerprint density at radius 2 is 2.27 bits per heavy atom. The molecule has 0 aliphatic heterocycles. The van der Waals surface area contributed by atoms with Gasteiger partial charge >= 0.3 is 87.6 Å². The van der Waals surface area contributed by atoms with Gasteiger partial charge in [-0.3, -0.25) is 0 Å². The normalized spacial score (nSPS) is 15.7. The van der Waals surface area contributed by atoms with Gasteiger partial charge in [-0.1, -0.05) is 0 Å². The summed E-state index contributed by atoms with van der Waals surface area (Å²) in [7, 11) is 0. The molecular weight excluding hydrogens is 356 g/mol. The van der Waals surface area contributed by atoms with Crippen molar-refractivity contribution in [1.29, 1.82) is 0 Å². The summed E-state index contributed by atoms with van der Waals surface area (Å²) in [5, 5.41) is 0. The summed E-state index contributed by atoms with van der Waals surface area (Å²) in [5.41, 5.74) is 0. The van der Waals surface area contributed by atoms with Crippen LogP contribution in [0.15, 0.2) is 0 Å². The second kappa shape index (κ2) is 5.33. The zero-order chi connectivity index (χ0) is 8.91. The van der Waals surface area contributed by atoms with E-state index in [-0.39, 0.29) is 38.2 Å². The summed E-state index contributed by atoms with van der Waals surface area (Å²) >= 11 is 5.57. The number of halogens is 1. The van der Waals surface area contributed by atoms with Crippen molar-refractivity contribution in [3.05, 3.63) is 0 Å². The third-order valence-corrected chi connectivity index (χ3v) is 4.59. The number of hydrogen-bond acceptors (Lipinski definition) is 3. The van der Waals surface area contributed by atoms with E-state index in [0.29, 0.717) is 6.42 Å². The quantitative estimate of drug-likeness (QED) is 0.326. The van der Waals surface area contributed by atoms with E-state index >= 15 is 0 Å². The number of esters is 1. The van der Waals surface area contributed by atoms with Gasteiger partial charge in [0.15, 0.2) is 0 Å². The van der Waals surface area contributed by atoms with Gasteiger partial charge in [-0.25, -0.2) is 0 Å². The SMILES string of the molecule is CC[C]([Hg])(OCCl)OC(C)=O. The Morgan fingerprint density at radius 3 is 2.55 bits per heavy atom. The summed E-state index contributed by atoms with van der Waals surface area (Å²) in [4.78, 5) is 10.6. The Morgan fingerprint density at radius 1 is 1.73 bits per heavy atom. The van der Waals surface area contributed by atoms with E-state index in [1.54, 1.807) is 0 Å². The summed E-state index contributed by atoms with van der Waals surface area (Å²) in [5.74, 6) is -0.313. The van der Waals surface area contributed by atoms with E-state index in [1.165, 1.54) is 6.92 Å². The van der Waals surface area contributed by atoms with Crippen LogP contribution in [0.4, 0.5) is 0 Å². The molecule has 0 aliphatic carbocycles. The summed E-state index contributed by atoms with van der Waals surface area (Å²) in [6.07, 6.45) is 0.669. The van der Waals surface area contributed by atoms with Crippen molar-refractivity contribution in [3.8, 4) is 0 Å². The topological polar surface area (TPSA) is 35.5 Å². The van der Waals surface area contributed by atoms with Gasteiger partial charge in [-0.15, -0.1) is 0 Å². The zero-order valence-electron chi connectivity index (χ0n) is 6.72. The standard InChI is InChI=1S/C6H10ClO3.Hg/c1-3-6(9-4-7)10-5(2)8;/h3-4H2,1-2H3;. The average molecular weight is 366 g/mol. The predicted octanol–water partition coefficient (Wildman–Crippen LogP) is 1.37. The molecule has 1 unspecified atom stereocenters. The van der Waals surface area contributed by atoms with Gasteiger partial charge in [-0.2, -0.15) is 0 Å². The maximum atomic E-state index is 10.6. The van der Waals surface area contributed by atoms with Crippen molar-refractivity contribution in [2.75, 3.05) is 6.07 Å². The Bertz CT molecular complexity index is 142. The molecule has 0 aliphatic rings. The molecule has 0 aromatic rings. The molecule has 0 heterocycles. The number of alkyl halides is 1. The van der Waals surface area contributed by atoms with Crippen LogP contribution in [0.2, 0.25) is 0 Å². The summed E-state index contributed by atoms with van der Waals surface area (Å²) < 4.78 is 9.39. The second-order valence-corrected chi connectivity index (χ2v) is 6.52.